The summed E-state index contributed by atoms with van der Waals surface area (Å²) in [7, 11) is 0. The first-order valence-electron chi connectivity index (χ1n) is 16.0. The predicted molar refractivity (Wildman–Crippen MR) is 152 cm³/mol. The van der Waals surface area contributed by atoms with Crippen molar-refractivity contribution < 1.29 is 15.0 Å². The van der Waals surface area contributed by atoms with Gasteiger partial charge >= 0.3 is 0 Å². The topological polar surface area (TPSA) is 60.8 Å². The SMILES string of the molecule is CC1(C)CC[C@]2(C(=O)N3CC[C@@H](O)C3)CC[C@]3(C)C(=C2C1)CC[C@@H]1[C@@]2(C)CC[C@H](O)C(C)(C)[C@@H]2CC[C@]13C. The minimum absolute atomic E-state index is 0.0181. The molecule has 6 rings (SSSR count). The summed E-state index contributed by atoms with van der Waals surface area (Å²) >= 11 is 0. The van der Waals surface area contributed by atoms with Crippen LogP contribution in [0.1, 0.15) is 126 Å². The minimum atomic E-state index is -0.358. The largest absolute Gasteiger partial charge is 0.393 e. The number of aliphatic hydroxyl groups is 2. The summed E-state index contributed by atoms with van der Waals surface area (Å²) in [4.78, 5) is 16.4. The van der Waals surface area contributed by atoms with Crippen LogP contribution in [-0.2, 0) is 4.79 Å². The fourth-order valence-corrected chi connectivity index (χ4v) is 11.8. The number of β-amino-alcohol motifs (C(OH)–C–C–N with tert-alkyl or cyclic N) is 1. The van der Waals surface area contributed by atoms with Gasteiger partial charge in [0.2, 0.25) is 5.91 Å². The van der Waals surface area contributed by atoms with Gasteiger partial charge in [-0.2, -0.15) is 0 Å². The highest BCUT2D eigenvalue weighted by atomic mass is 16.3. The molecule has 0 unspecified atom stereocenters. The normalized spacial score (nSPS) is 49.6. The van der Waals surface area contributed by atoms with Gasteiger partial charge in [0.1, 0.15) is 0 Å². The molecule has 4 saturated carbocycles. The molecule has 214 valence electrons. The molecule has 0 aromatic heterocycles. The van der Waals surface area contributed by atoms with Crippen LogP contribution < -0.4 is 0 Å². The van der Waals surface area contributed by atoms with Crippen molar-refractivity contribution in [1.82, 2.24) is 4.90 Å². The summed E-state index contributed by atoms with van der Waals surface area (Å²) in [5.74, 6) is 1.58. The molecule has 8 atom stereocenters. The molecule has 0 aromatic carbocycles. The lowest BCUT2D eigenvalue weighted by molar-refractivity contribution is -0.204. The van der Waals surface area contributed by atoms with Crippen molar-refractivity contribution in [3.8, 4) is 0 Å². The smallest absolute Gasteiger partial charge is 0.232 e. The maximum Gasteiger partial charge on any atom is 0.232 e. The van der Waals surface area contributed by atoms with Crippen molar-refractivity contribution in [2.24, 2.45) is 44.3 Å². The van der Waals surface area contributed by atoms with Gasteiger partial charge in [-0.1, -0.05) is 59.6 Å². The molecule has 5 fully saturated rings. The molecular weight excluding hydrogens is 470 g/mol. The Morgan fingerprint density at radius 1 is 0.789 bits per heavy atom. The van der Waals surface area contributed by atoms with Crippen molar-refractivity contribution in [2.75, 3.05) is 13.1 Å². The summed E-state index contributed by atoms with van der Waals surface area (Å²) in [6, 6.07) is 0. The van der Waals surface area contributed by atoms with Gasteiger partial charge in [0.25, 0.3) is 0 Å². The zero-order valence-corrected chi connectivity index (χ0v) is 25.5. The van der Waals surface area contributed by atoms with E-state index in [1.54, 1.807) is 5.57 Å². The summed E-state index contributed by atoms with van der Waals surface area (Å²) in [5, 5.41) is 21.3. The second-order valence-electron chi connectivity index (χ2n) is 16.9. The van der Waals surface area contributed by atoms with Crippen LogP contribution in [0.4, 0.5) is 0 Å². The van der Waals surface area contributed by atoms with E-state index >= 15 is 0 Å². The van der Waals surface area contributed by atoms with Crippen LogP contribution in [0, 0.1) is 44.3 Å². The van der Waals surface area contributed by atoms with Gasteiger partial charge in [0, 0.05) is 13.1 Å². The lowest BCUT2D eigenvalue weighted by atomic mass is 9.34. The summed E-state index contributed by atoms with van der Waals surface area (Å²) in [6.07, 6.45) is 12.3. The number of amides is 1. The maximum atomic E-state index is 14.4. The Morgan fingerprint density at radius 2 is 1.50 bits per heavy atom. The highest BCUT2D eigenvalue weighted by Gasteiger charge is 2.68. The summed E-state index contributed by atoms with van der Waals surface area (Å²) < 4.78 is 0. The molecule has 4 nitrogen and oxygen atoms in total. The Kier molecular flexibility index (Phi) is 5.99. The number of likely N-dealkylation sites (tertiary alicyclic amines) is 1. The van der Waals surface area contributed by atoms with Crippen molar-refractivity contribution in [3.05, 3.63) is 11.1 Å². The number of nitrogens with zero attached hydrogens (tertiary/aromatic N) is 1. The van der Waals surface area contributed by atoms with Gasteiger partial charge in [0.05, 0.1) is 17.6 Å². The lowest BCUT2D eigenvalue weighted by Gasteiger charge is -2.71. The molecule has 4 heteroatoms. The van der Waals surface area contributed by atoms with Crippen molar-refractivity contribution in [1.29, 1.82) is 0 Å². The number of carbonyl (C=O) groups excluding carboxylic acids is 1. The molecule has 0 spiro atoms. The molecular formula is C34H55NO3. The molecule has 1 aliphatic heterocycles. The quantitative estimate of drug-likeness (QED) is 0.367. The third kappa shape index (κ3) is 3.44. The number of rotatable bonds is 1. The zero-order chi connectivity index (χ0) is 27.5. The molecule has 0 aromatic rings. The highest BCUT2D eigenvalue weighted by Crippen LogP contribution is 2.75. The number of carbonyl (C=O) groups is 1. The monoisotopic (exact) mass is 525 g/mol. The third-order valence-electron chi connectivity index (χ3n) is 14.4. The second-order valence-corrected chi connectivity index (χ2v) is 16.9. The van der Waals surface area contributed by atoms with Gasteiger partial charge in [-0.05, 0) is 116 Å². The Morgan fingerprint density at radius 3 is 2.18 bits per heavy atom. The average Bonchev–Trinajstić information content (AvgIpc) is 3.27. The van der Waals surface area contributed by atoms with E-state index in [9.17, 15) is 15.0 Å². The van der Waals surface area contributed by atoms with Crippen LogP contribution in [0.3, 0.4) is 0 Å². The Balaban J connectivity index is 1.43. The van der Waals surface area contributed by atoms with Crippen LogP contribution >= 0.6 is 0 Å². The van der Waals surface area contributed by atoms with E-state index in [1.807, 2.05) is 4.90 Å². The fourth-order valence-electron chi connectivity index (χ4n) is 11.8. The van der Waals surface area contributed by atoms with Crippen LogP contribution in [-0.4, -0.2) is 46.3 Å². The fraction of sp³-hybridized carbons (Fsp3) is 0.912. The number of hydrogen-bond acceptors (Lipinski definition) is 3. The minimum Gasteiger partial charge on any atom is -0.393 e. The van der Waals surface area contributed by atoms with E-state index in [2.05, 4.69) is 48.5 Å². The number of fused-ring (bicyclic) bond motifs is 6. The van der Waals surface area contributed by atoms with E-state index in [-0.39, 0.29) is 44.7 Å². The predicted octanol–water partition coefficient (Wildman–Crippen LogP) is 6.89. The maximum absolute atomic E-state index is 14.4. The van der Waals surface area contributed by atoms with Crippen molar-refractivity contribution in [2.45, 2.75) is 138 Å². The molecule has 6 aliphatic rings. The van der Waals surface area contributed by atoms with E-state index in [0.717, 1.165) is 57.8 Å². The van der Waals surface area contributed by atoms with Crippen molar-refractivity contribution in [3.63, 3.8) is 0 Å². The van der Waals surface area contributed by atoms with Crippen LogP contribution in [0.2, 0.25) is 0 Å². The van der Waals surface area contributed by atoms with Gasteiger partial charge in [-0.25, -0.2) is 0 Å². The second kappa shape index (κ2) is 8.34. The first kappa shape index (κ1) is 27.3. The molecule has 38 heavy (non-hydrogen) atoms. The van der Waals surface area contributed by atoms with Crippen LogP contribution in [0.25, 0.3) is 0 Å². The Bertz CT molecular complexity index is 1040. The first-order chi connectivity index (χ1) is 17.6. The molecule has 0 radical (unpaired) electrons. The van der Waals surface area contributed by atoms with E-state index in [1.165, 1.54) is 24.8 Å². The number of allylic oxidation sites excluding steroid dienone is 1. The molecule has 2 N–H and O–H groups in total. The standard InChI is InChI=1S/C34H55NO3/c1-29(2)15-17-34(28(38)35-19-12-22(36)21-35)18-16-32(6)23(24(34)20-29)8-9-26-31(5)13-11-27(37)30(3,4)25(31)10-14-33(26,32)7/h22,25-27,36-37H,8-21H2,1-7H3/t22-,25+,26-,27+,31+,32-,33-,34+/m1/s1. The highest BCUT2D eigenvalue weighted by molar-refractivity contribution is 5.87. The molecule has 1 amide bonds. The Labute approximate surface area is 232 Å². The van der Waals surface area contributed by atoms with Gasteiger partial charge in [-0.3, -0.25) is 4.79 Å². The van der Waals surface area contributed by atoms with E-state index < -0.39 is 0 Å². The lowest BCUT2D eigenvalue weighted by Crippen LogP contribution is -2.64. The van der Waals surface area contributed by atoms with E-state index in [0.29, 0.717) is 30.8 Å². The zero-order valence-electron chi connectivity index (χ0n) is 25.5. The van der Waals surface area contributed by atoms with Crippen LogP contribution in [0.15, 0.2) is 11.1 Å². The number of hydrogen-bond donors (Lipinski definition) is 2. The third-order valence-corrected chi connectivity index (χ3v) is 14.4. The molecule has 5 aliphatic carbocycles. The summed E-state index contributed by atoms with van der Waals surface area (Å²) in [5.41, 5.74) is 3.72. The Hall–Kier alpha value is -0.870. The molecule has 1 heterocycles. The van der Waals surface area contributed by atoms with Gasteiger partial charge < -0.3 is 15.1 Å². The first-order valence-corrected chi connectivity index (χ1v) is 16.0. The number of aliphatic hydroxyl groups excluding tert-OH is 2. The van der Waals surface area contributed by atoms with Crippen molar-refractivity contribution >= 4 is 5.91 Å². The van der Waals surface area contributed by atoms with Crippen LogP contribution in [0.5, 0.6) is 0 Å². The summed E-state index contributed by atoms with van der Waals surface area (Å²) in [6.45, 7) is 18.6. The van der Waals surface area contributed by atoms with Gasteiger partial charge in [0.15, 0.2) is 0 Å². The molecule has 1 saturated heterocycles. The molecule has 0 bridgehead atoms. The van der Waals surface area contributed by atoms with E-state index in [4.69, 9.17) is 0 Å². The van der Waals surface area contributed by atoms with Gasteiger partial charge in [-0.15, -0.1) is 0 Å². The average molecular weight is 526 g/mol.